The smallest absolute Gasteiger partial charge is 0.235 e. The number of hydrogen-bond acceptors (Lipinski definition) is 3. The Labute approximate surface area is 318 Å². The van der Waals surface area contributed by atoms with Gasteiger partial charge in [0.1, 0.15) is 0 Å². The zero-order chi connectivity index (χ0) is 36.3. The Hall–Kier alpha value is -7.36. The zero-order valence-corrected chi connectivity index (χ0v) is 29.9. The van der Waals surface area contributed by atoms with E-state index >= 15 is 0 Å². The summed E-state index contributed by atoms with van der Waals surface area (Å²) in [5.41, 5.74) is 7.12. The van der Waals surface area contributed by atoms with Gasteiger partial charge in [-0.3, -0.25) is 4.90 Å². The molecular weight excluding hydrogens is 667 g/mol. The Kier molecular flexibility index (Phi) is 7.17. The van der Waals surface area contributed by atoms with Crippen molar-refractivity contribution in [3.63, 3.8) is 0 Å². The molecule has 0 saturated heterocycles. The average Bonchev–Trinajstić information content (AvgIpc) is 3.26. The molecule has 0 saturated carbocycles. The quantitative estimate of drug-likeness (QED) is 0.167. The molecule has 55 heavy (non-hydrogen) atoms. The number of nitrogens with zero attached hydrogens (tertiary/aromatic N) is 3. The predicted molar refractivity (Wildman–Crippen MR) is 233 cm³/mol. The molecule has 11 rings (SSSR count). The molecule has 3 nitrogen and oxygen atoms in total. The highest BCUT2D eigenvalue weighted by Crippen LogP contribution is 2.46. The van der Waals surface area contributed by atoms with E-state index in [4.69, 9.17) is 9.97 Å². The van der Waals surface area contributed by atoms with Crippen LogP contribution in [0.2, 0.25) is 0 Å². The second-order valence-electron chi connectivity index (χ2n) is 14.2. The summed E-state index contributed by atoms with van der Waals surface area (Å²) in [6.07, 6.45) is 0. The fraction of sp³-hybridized carbons (Fsp3) is 0. The van der Waals surface area contributed by atoms with Crippen LogP contribution < -0.4 is 4.90 Å². The minimum atomic E-state index is 0.612. The fourth-order valence-electron chi connectivity index (χ4n) is 8.33. The third kappa shape index (κ3) is 5.20. The van der Waals surface area contributed by atoms with E-state index in [9.17, 15) is 0 Å². The molecule has 0 aliphatic carbocycles. The highest BCUT2D eigenvalue weighted by molar-refractivity contribution is 6.13. The summed E-state index contributed by atoms with van der Waals surface area (Å²) in [4.78, 5) is 13.5. The first-order chi connectivity index (χ1) is 27.3. The molecule has 0 atom stereocenters. The Balaban J connectivity index is 1.29. The minimum Gasteiger partial charge on any atom is -0.278 e. The Bertz CT molecular complexity index is 3270. The first-order valence-electron chi connectivity index (χ1n) is 18.7. The maximum Gasteiger partial charge on any atom is 0.235 e. The lowest BCUT2D eigenvalue weighted by molar-refractivity contribution is 1.12. The third-order valence-corrected chi connectivity index (χ3v) is 11.0. The largest absolute Gasteiger partial charge is 0.278 e. The molecular formula is C52H33N3. The van der Waals surface area contributed by atoms with Crippen LogP contribution in [0.5, 0.6) is 0 Å². The summed E-state index contributed by atoms with van der Waals surface area (Å²) in [7, 11) is 0. The topological polar surface area (TPSA) is 29.0 Å². The Morgan fingerprint density at radius 3 is 1.73 bits per heavy atom. The van der Waals surface area contributed by atoms with E-state index in [1.54, 1.807) is 0 Å². The molecule has 0 radical (unpaired) electrons. The van der Waals surface area contributed by atoms with E-state index in [1.807, 2.05) is 0 Å². The van der Waals surface area contributed by atoms with Crippen LogP contribution in [0.25, 0.3) is 87.1 Å². The van der Waals surface area contributed by atoms with Crippen molar-refractivity contribution < 1.29 is 0 Å². The number of rotatable bonds is 5. The van der Waals surface area contributed by atoms with Crippen molar-refractivity contribution in [2.75, 3.05) is 4.90 Å². The van der Waals surface area contributed by atoms with Crippen molar-refractivity contribution in [2.45, 2.75) is 0 Å². The summed E-state index contributed by atoms with van der Waals surface area (Å²) in [6, 6.07) is 71.7. The van der Waals surface area contributed by atoms with Crippen LogP contribution in [-0.2, 0) is 0 Å². The van der Waals surface area contributed by atoms with Gasteiger partial charge < -0.3 is 0 Å². The molecule has 1 aromatic heterocycles. The lowest BCUT2D eigenvalue weighted by Gasteiger charge is -2.28. The van der Waals surface area contributed by atoms with E-state index in [-0.39, 0.29) is 0 Å². The van der Waals surface area contributed by atoms with Gasteiger partial charge in [0, 0.05) is 27.3 Å². The van der Waals surface area contributed by atoms with Crippen molar-refractivity contribution in [1.82, 2.24) is 9.97 Å². The van der Waals surface area contributed by atoms with Gasteiger partial charge in [-0.1, -0.05) is 170 Å². The monoisotopic (exact) mass is 699 g/mol. The van der Waals surface area contributed by atoms with Gasteiger partial charge in [0.25, 0.3) is 0 Å². The van der Waals surface area contributed by atoms with Crippen LogP contribution in [0.15, 0.2) is 200 Å². The van der Waals surface area contributed by atoms with Crippen LogP contribution in [0.3, 0.4) is 0 Å². The second kappa shape index (κ2) is 12.6. The van der Waals surface area contributed by atoms with Crippen LogP contribution >= 0.6 is 0 Å². The first-order valence-corrected chi connectivity index (χ1v) is 18.7. The van der Waals surface area contributed by atoms with Crippen LogP contribution in [0, 0.1) is 0 Å². The minimum absolute atomic E-state index is 0.612. The summed E-state index contributed by atoms with van der Waals surface area (Å²) >= 11 is 0. The van der Waals surface area contributed by atoms with Gasteiger partial charge in [-0.05, 0) is 79.0 Å². The van der Waals surface area contributed by atoms with Gasteiger partial charge in [0.05, 0.1) is 22.6 Å². The molecule has 1 heterocycles. The molecule has 3 heteroatoms. The van der Waals surface area contributed by atoms with Crippen LogP contribution in [0.4, 0.5) is 17.3 Å². The summed E-state index contributed by atoms with van der Waals surface area (Å²) in [5.74, 6) is 0.612. The average molecular weight is 700 g/mol. The maximum atomic E-state index is 5.62. The van der Waals surface area contributed by atoms with E-state index in [0.29, 0.717) is 5.95 Å². The molecule has 0 N–H and O–H groups in total. The number of anilines is 3. The molecule has 11 aromatic rings. The van der Waals surface area contributed by atoms with Crippen molar-refractivity contribution in [2.24, 2.45) is 0 Å². The summed E-state index contributed by atoms with van der Waals surface area (Å²) in [5, 5.41) is 12.7. The summed E-state index contributed by atoms with van der Waals surface area (Å²) in [6.45, 7) is 0. The molecule has 0 amide bonds. The molecule has 256 valence electrons. The molecule has 0 aliphatic heterocycles. The first kappa shape index (κ1) is 31.2. The van der Waals surface area contributed by atoms with Gasteiger partial charge in [-0.15, -0.1) is 0 Å². The Morgan fingerprint density at radius 2 is 0.909 bits per heavy atom. The van der Waals surface area contributed by atoms with Gasteiger partial charge in [0.2, 0.25) is 5.95 Å². The van der Waals surface area contributed by atoms with Crippen molar-refractivity contribution in [3.05, 3.63) is 200 Å². The van der Waals surface area contributed by atoms with E-state index < -0.39 is 0 Å². The zero-order valence-electron chi connectivity index (χ0n) is 29.9. The van der Waals surface area contributed by atoms with Crippen LogP contribution in [-0.4, -0.2) is 9.97 Å². The molecule has 0 aliphatic rings. The molecule has 0 spiro atoms. The second-order valence-corrected chi connectivity index (χ2v) is 14.2. The van der Waals surface area contributed by atoms with E-state index in [0.717, 1.165) is 71.6 Å². The number of aromatic nitrogens is 2. The van der Waals surface area contributed by atoms with Gasteiger partial charge in [0.15, 0.2) is 0 Å². The number of fused-ring (bicyclic) bond motifs is 8. The number of benzene rings is 10. The van der Waals surface area contributed by atoms with Gasteiger partial charge in [-0.25, -0.2) is 9.97 Å². The number of hydrogen-bond donors (Lipinski definition) is 0. The maximum absolute atomic E-state index is 5.62. The lowest BCUT2D eigenvalue weighted by atomic mass is 9.94. The van der Waals surface area contributed by atoms with E-state index in [1.165, 1.54) is 26.9 Å². The third-order valence-electron chi connectivity index (χ3n) is 11.0. The van der Waals surface area contributed by atoms with Crippen molar-refractivity contribution in [3.8, 4) is 22.4 Å². The van der Waals surface area contributed by atoms with Gasteiger partial charge >= 0.3 is 0 Å². The molecule has 10 aromatic carbocycles. The van der Waals surface area contributed by atoms with Crippen LogP contribution in [0.1, 0.15) is 0 Å². The van der Waals surface area contributed by atoms with Crippen molar-refractivity contribution in [1.29, 1.82) is 0 Å². The van der Waals surface area contributed by atoms with Gasteiger partial charge in [-0.2, -0.15) is 0 Å². The highest BCUT2D eigenvalue weighted by atomic mass is 15.3. The normalized spacial score (nSPS) is 11.6. The molecule has 0 bridgehead atoms. The highest BCUT2D eigenvalue weighted by Gasteiger charge is 2.25. The molecule has 0 fully saturated rings. The predicted octanol–water partition coefficient (Wildman–Crippen LogP) is 14.2. The fourth-order valence-corrected chi connectivity index (χ4v) is 8.33. The Morgan fingerprint density at radius 1 is 0.309 bits per heavy atom. The van der Waals surface area contributed by atoms with E-state index in [2.05, 4.69) is 205 Å². The standard InChI is InChI=1S/C52H33N3/c1-2-14-36(15-3-1)47-33-46-40(27-26-37-17-6-9-21-42(37)46)32-49(47)55(48-24-12-20-35-16-7-10-22-43(35)48)52-53-50(41-28-25-34-13-4-5-19-39(34)31-41)45-30-29-38-18-8-11-23-44(38)51(45)54-52/h1-33H. The van der Waals surface area contributed by atoms with Crippen molar-refractivity contribution >= 4 is 82.1 Å². The molecule has 0 unspecified atom stereocenters. The lowest BCUT2D eigenvalue weighted by Crippen LogP contribution is -2.16. The summed E-state index contributed by atoms with van der Waals surface area (Å²) < 4.78 is 0. The SMILES string of the molecule is c1ccc(-c2cc3c(ccc4ccccc43)cc2N(c2nc(-c3ccc4ccccc4c3)c3ccc4ccccc4c3n2)c2cccc3ccccc23)cc1.